The summed E-state index contributed by atoms with van der Waals surface area (Å²) in [5.41, 5.74) is 1.85. The molecule has 0 bridgehead atoms. The molecule has 4 nitrogen and oxygen atoms in total. The van der Waals surface area contributed by atoms with Crippen molar-refractivity contribution in [1.29, 1.82) is 0 Å². The first kappa shape index (κ1) is 15.6. The van der Waals surface area contributed by atoms with Gasteiger partial charge in [0.25, 0.3) is 0 Å². The standard InChI is InChI=1S/C18H28N2O2/c1-3-21-16-6-5-15(11-17(16)22-4-2)12-20-10-8-18(14-20)7-9-19-13-18/h5-6,11,19H,3-4,7-10,12-14H2,1-2H3. The first-order chi connectivity index (χ1) is 10.7. The molecule has 0 radical (unpaired) electrons. The lowest BCUT2D eigenvalue weighted by Crippen LogP contribution is -2.28. The van der Waals surface area contributed by atoms with Gasteiger partial charge in [-0.3, -0.25) is 4.90 Å². The third-order valence-corrected chi connectivity index (χ3v) is 4.86. The number of ether oxygens (including phenoxy) is 2. The van der Waals surface area contributed by atoms with Crippen LogP contribution in [0.2, 0.25) is 0 Å². The highest BCUT2D eigenvalue weighted by Gasteiger charge is 2.40. The van der Waals surface area contributed by atoms with E-state index in [-0.39, 0.29) is 0 Å². The predicted octanol–water partition coefficient (Wildman–Crippen LogP) is 2.67. The number of hydrogen-bond acceptors (Lipinski definition) is 4. The van der Waals surface area contributed by atoms with E-state index in [1.165, 1.54) is 44.6 Å². The highest BCUT2D eigenvalue weighted by Crippen LogP contribution is 2.37. The second-order valence-corrected chi connectivity index (χ2v) is 6.53. The minimum Gasteiger partial charge on any atom is -0.490 e. The number of hydrogen-bond donors (Lipinski definition) is 1. The van der Waals surface area contributed by atoms with Crippen LogP contribution in [-0.2, 0) is 6.54 Å². The Balaban J connectivity index is 1.66. The van der Waals surface area contributed by atoms with E-state index in [2.05, 4.69) is 22.3 Å². The van der Waals surface area contributed by atoms with E-state index in [0.29, 0.717) is 18.6 Å². The van der Waals surface area contributed by atoms with E-state index in [9.17, 15) is 0 Å². The summed E-state index contributed by atoms with van der Waals surface area (Å²) in [5, 5.41) is 3.52. The smallest absolute Gasteiger partial charge is 0.161 e. The monoisotopic (exact) mass is 304 g/mol. The summed E-state index contributed by atoms with van der Waals surface area (Å²) in [7, 11) is 0. The Labute approximate surface area is 133 Å². The Kier molecular flexibility index (Phi) is 4.89. The molecular formula is C18H28N2O2. The zero-order chi connectivity index (χ0) is 15.4. The largest absolute Gasteiger partial charge is 0.490 e. The van der Waals surface area contributed by atoms with Crippen molar-refractivity contribution in [2.24, 2.45) is 5.41 Å². The summed E-state index contributed by atoms with van der Waals surface area (Å²) in [6.07, 6.45) is 2.66. The molecule has 2 saturated heterocycles. The number of rotatable bonds is 6. The van der Waals surface area contributed by atoms with Crippen molar-refractivity contribution in [3.8, 4) is 11.5 Å². The van der Waals surface area contributed by atoms with Crippen LogP contribution in [0.15, 0.2) is 18.2 Å². The number of nitrogens with one attached hydrogen (secondary N) is 1. The highest BCUT2D eigenvalue weighted by molar-refractivity contribution is 5.43. The third-order valence-electron chi connectivity index (χ3n) is 4.86. The maximum absolute atomic E-state index is 5.73. The van der Waals surface area contributed by atoms with Gasteiger partial charge >= 0.3 is 0 Å². The molecule has 3 rings (SSSR count). The molecule has 1 aromatic rings. The van der Waals surface area contributed by atoms with Gasteiger partial charge in [0.05, 0.1) is 13.2 Å². The van der Waals surface area contributed by atoms with Crippen molar-refractivity contribution >= 4 is 0 Å². The fourth-order valence-corrected chi connectivity index (χ4v) is 3.76. The van der Waals surface area contributed by atoms with E-state index in [1.807, 2.05) is 19.9 Å². The second-order valence-electron chi connectivity index (χ2n) is 6.53. The van der Waals surface area contributed by atoms with Crippen molar-refractivity contribution in [2.75, 3.05) is 39.4 Å². The fraction of sp³-hybridized carbons (Fsp3) is 0.667. The Morgan fingerprint density at radius 2 is 1.95 bits per heavy atom. The van der Waals surface area contributed by atoms with Crippen molar-refractivity contribution in [3.05, 3.63) is 23.8 Å². The number of likely N-dealkylation sites (tertiary alicyclic amines) is 1. The van der Waals surface area contributed by atoms with E-state index in [1.54, 1.807) is 0 Å². The van der Waals surface area contributed by atoms with Crippen LogP contribution in [0.5, 0.6) is 11.5 Å². The average molecular weight is 304 g/mol. The number of benzene rings is 1. The molecule has 122 valence electrons. The Morgan fingerprint density at radius 3 is 2.68 bits per heavy atom. The van der Waals surface area contributed by atoms with E-state index >= 15 is 0 Å². The van der Waals surface area contributed by atoms with Gasteiger partial charge in [0.2, 0.25) is 0 Å². The molecule has 1 atom stereocenters. The molecule has 2 aliphatic heterocycles. The molecule has 2 aliphatic rings. The first-order valence-corrected chi connectivity index (χ1v) is 8.56. The van der Waals surface area contributed by atoms with Crippen molar-refractivity contribution in [2.45, 2.75) is 33.2 Å². The maximum Gasteiger partial charge on any atom is 0.161 e. The zero-order valence-electron chi connectivity index (χ0n) is 13.9. The highest BCUT2D eigenvalue weighted by atomic mass is 16.5. The summed E-state index contributed by atoms with van der Waals surface area (Å²) in [6, 6.07) is 6.37. The van der Waals surface area contributed by atoms with E-state index < -0.39 is 0 Å². The minimum absolute atomic E-state index is 0.536. The summed E-state index contributed by atoms with van der Waals surface area (Å²) >= 11 is 0. The van der Waals surface area contributed by atoms with Gasteiger partial charge in [-0.2, -0.15) is 0 Å². The molecule has 0 amide bonds. The van der Waals surface area contributed by atoms with Crippen LogP contribution in [0.25, 0.3) is 0 Å². The molecule has 22 heavy (non-hydrogen) atoms. The topological polar surface area (TPSA) is 33.7 Å². The third kappa shape index (κ3) is 3.39. The molecule has 1 unspecified atom stereocenters. The van der Waals surface area contributed by atoms with Gasteiger partial charge in [-0.25, -0.2) is 0 Å². The predicted molar refractivity (Wildman–Crippen MR) is 88.6 cm³/mol. The van der Waals surface area contributed by atoms with E-state index in [0.717, 1.165) is 18.0 Å². The molecule has 1 N–H and O–H groups in total. The summed E-state index contributed by atoms with van der Waals surface area (Å²) < 4.78 is 11.4. The van der Waals surface area contributed by atoms with Crippen LogP contribution < -0.4 is 14.8 Å². The summed E-state index contributed by atoms with van der Waals surface area (Å²) in [6.45, 7) is 11.2. The van der Waals surface area contributed by atoms with Crippen molar-refractivity contribution in [1.82, 2.24) is 10.2 Å². The quantitative estimate of drug-likeness (QED) is 0.876. The van der Waals surface area contributed by atoms with Crippen LogP contribution in [0.3, 0.4) is 0 Å². The SMILES string of the molecule is CCOc1ccc(CN2CCC3(CCNC3)C2)cc1OCC. The molecule has 1 spiro atoms. The lowest BCUT2D eigenvalue weighted by Gasteiger charge is -2.23. The van der Waals surface area contributed by atoms with Gasteiger partial charge in [-0.05, 0) is 62.9 Å². The molecular weight excluding hydrogens is 276 g/mol. The van der Waals surface area contributed by atoms with Crippen molar-refractivity contribution < 1.29 is 9.47 Å². The number of nitrogens with zero attached hydrogens (tertiary/aromatic N) is 1. The van der Waals surface area contributed by atoms with E-state index in [4.69, 9.17) is 9.47 Å². The lowest BCUT2D eigenvalue weighted by atomic mass is 9.86. The van der Waals surface area contributed by atoms with Crippen LogP contribution in [-0.4, -0.2) is 44.3 Å². The second kappa shape index (κ2) is 6.88. The average Bonchev–Trinajstić information content (AvgIpc) is 3.13. The van der Waals surface area contributed by atoms with Gasteiger partial charge < -0.3 is 14.8 Å². The lowest BCUT2D eigenvalue weighted by molar-refractivity contribution is 0.266. The molecule has 0 aromatic heterocycles. The first-order valence-electron chi connectivity index (χ1n) is 8.56. The van der Waals surface area contributed by atoms with Crippen LogP contribution in [0.4, 0.5) is 0 Å². The van der Waals surface area contributed by atoms with Crippen LogP contribution in [0.1, 0.15) is 32.3 Å². The minimum atomic E-state index is 0.536. The van der Waals surface area contributed by atoms with Gasteiger partial charge in [0, 0.05) is 19.6 Å². The normalized spacial score (nSPS) is 25.0. The fourth-order valence-electron chi connectivity index (χ4n) is 3.76. The van der Waals surface area contributed by atoms with Crippen molar-refractivity contribution in [3.63, 3.8) is 0 Å². The Hall–Kier alpha value is -1.26. The van der Waals surface area contributed by atoms with Gasteiger partial charge in [0.15, 0.2) is 11.5 Å². The van der Waals surface area contributed by atoms with Crippen LogP contribution in [0, 0.1) is 5.41 Å². The summed E-state index contributed by atoms with van der Waals surface area (Å²) in [5.74, 6) is 1.73. The zero-order valence-corrected chi connectivity index (χ0v) is 13.9. The molecule has 2 heterocycles. The molecule has 0 saturated carbocycles. The molecule has 4 heteroatoms. The molecule has 1 aromatic carbocycles. The van der Waals surface area contributed by atoms with Gasteiger partial charge in [0.1, 0.15) is 0 Å². The Bertz CT molecular complexity index is 498. The molecule has 2 fully saturated rings. The summed E-state index contributed by atoms with van der Waals surface area (Å²) in [4.78, 5) is 2.58. The van der Waals surface area contributed by atoms with Crippen LogP contribution >= 0.6 is 0 Å². The van der Waals surface area contributed by atoms with Gasteiger partial charge in [-0.1, -0.05) is 6.07 Å². The molecule has 0 aliphatic carbocycles. The Morgan fingerprint density at radius 1 is 1.14 bits per heavy atom. The maximum atomic E-state index is 5.73. The van der Waals surface area contributed by atoms with Gasteiger partial charge in [-0.15, -0.1) is 0 Å².